The van der Waals surface area contributed by atoms with E-state index >= 15 is 0 Å². The summed E-state index contributed by atoms with van der Waals surface area (Å²) in [5, 5.41) is 0.814. The molecule has 17 heavy (non-hydrogen) atoms. The van der Waals surface area contributed by atoms with Crippen LogP contribution in [0.25, 0.3) is 0 Å². The molecule has 0 radical (unpaired) electrons. The topological polar surface area (TPSA) is 18.5 Å². The third kappa shape index (κ3) is 3.62. The Bertz CT molecular complexity index is 389. The molecule has 1 aliphatic carbocycles. The molecule has 0 amide bonds. The first-order valence-electron chi connectivity index (χ1n) is 5.88. The molecule has 0 aliphatic heterocycles. The summed E-state index contributed by atoms with van der Waals surface area (Å²) in [7, 11) is 0. The second-order valence-electron chi connectivity index (χ2n) is 4.23. The van der Waals surface area contributed by atoms with Gasteiger partial charge in [-0.1, -0.05) is 15.9 Å². The molecular weight excluding hydrogens is 348 g/mol. The summed E-state index contributed by atoms with van der Waals surface area (Å²) in [6, 6.07) is 4.10. The maximum atomic E-state index is 5.86. The number of hydrogen-bond donors (Lipinski definition) is 0. The zero-order valence-corrected chi connectivity index (χ0v) is 13.0. The van der Waals surface area contributed by atoms with Crippen molar-refractivity contribution in [3.63, 3.8) is 0 Å². The van der Waals surface area contributed by atoms with Crippen LogP contribution in [0.5, 0.6) is 11.5 Å². The fraction of sp³-hybridized carbons (Fsp3) is 0.538. The largest absolute Gasteiger partial charge is 0.490 e. The molecular formula is C13H16Br2O2. The van der Waals surface area contributed by atoms with Crippen molar-refractivity contribution in [3.8, 4) is 11.5 Å². The Morgan fingerprint density at radius 3 is 2.65 bits per heavy atom. The smallest absolute Gasteiger partial charge is 0.175 e. The second-order valence-corrected chi connectivity index (χ2v) is 5.64. The maximum Gasteiger partial charge on any atom is 0.175 e. The summed E-state index contributed by atoms with van der Waals surface area (Å²) in [5.41, 5.74) is 1.18. The van der Waals surface area contributed by atoms with E-state index in [1.165, 1.54) is 18.4 Å². The van der Waals surface area contributed by atoms with Gasteiger partial charge < -0.3 is 9.47 Å². The zero-order chi connectivity index (χ0) is 12.3. The maximum absolute atomic E-state index is 5.86. The molecule has 0 heterocycles. The molecule has 0 unspecified atom stereocenters. The molecule has 2 rings (SSSR count). The van der Waals surface area contributed by atoms with Gasteiger partial charge in [0.05, 0.1) is 17.7 Å². The lowest BCUT2D eigenvalue weighted by Crippen LogP contribution is -2.03. The number of ether oxygens (including phenoxy) is 2. The summed E-state index contributed by atoms with van der Waals surface area (Å²) in [5.74, 6) is 2.41. The Morgan fingerprint density at radius 1 is 1.29 bits per heavy atom. The quantitative estimate of drug-likeness (QED) is 0.691. The summed E-state index contributed by atoms with van der Waals surface area (Å²) in [4.78, 5) is 0. The van der Waals surface area contributed by atoms with Crippen molar-refractivity contribution < 1.29 is 9.47 Å². The fourth-order valence-electron chi connectivity index (χ4n) is 1.59. The lowest BCUT2D eigenvalue weighted by Gasteiger charge is -2.14. The van der Waals surface area contributed by atoms with Gasteiger partial charge in [-0.05, 0) is 59.3 Å². The minimum absolute atomic E-state index is 0.651. The number of hydrogen-bond acceptors (Lipinski definition) is 2. The van der Waals surface area contributed by atoms with Gasteiger partial charge in [0.1, 0.15) is 0 Å². The van der Waals surface area contributed by atoms with Crippen molar-refractivity contribution >= 4 is 31.9 Å². The molecule has 1 aliphatic rings. The van der Waals surface area contributed by atoms with E-state index in [2.05, 4.69) is 37.9 Å². The average Bonchev–Trinajstić information content (AvgIpc) is 3.12. The second kappa shape index (κ2) is 6.10. The van der Waals surface area contributed by atoms with Crippen molar-refractivity contribution in [3.05, 3.63) is 22.2 Å². The predicted molar refractivity (Wildman–Crippen MR) is 76.2 cm³/mol. The van der Waals surface area contributed by atoms with Crippen LogP contribution >= 0.6 is 31.9 Å². The number of halogens is 2. The van der Waals surface area contributed by atoms with Crippen LogP contribution in [-0.4, -0.2) is 13.2 Å². The van der Waals surface area contributed by atoms with Crippen molar-refractivity contribution in [2.24, 2.45) is 5.92 Å². The molecule has 94 valence electrons. The van der Waals surface area contributed by atoms with E-state index in [0.717, 1.165) is 33.8 Å². The lowest BCUT2D eigenvalue weighted by molar-refractivity contribution is 0.265. The molecule has 0 bridgehead atoms. The van der Waals surface area contributed by atoms with Gasteiger partial charge in [-0.2, -0.15) is 0 Å². The van der Waals surface area contributed by atoms with E-state index in [1.807, 2.05) is 13.0 Å². The molecule has 0 atom stereocenters. The van der Waals surface area contributed by atoms with E-state index in [9.17, 15) is 0 Å². The minimum atomic E-state index is 0.651. The SMILES string of the molecule is CCOc1cc(CBr)cc(Br)c1OCC1CC1. The Hall–Kier alpha value is -0.220. The van der Waals surface area contributed by atoms with Gasteiger partial charge in [0.15, 0.2) is 11.5 Å². The molecule has 2 nitrogen and oxygen atoms in total. The van der Waals surface area contributed by atoms with Crippen LogP contribution in [-0.2, 0) is 5.33 Å². The van der Waals surface area contributed by atoms with Gasteiger partial charge in [-0.25, -0.2) is 0 Å². The van der Waals surface area contributed by atoms with Crippen molar-refractivity contribution in [1.29, 1.82) is 0 Å². The molecule has 0 aromatic heterocycles. The third-order valence-corrected chi connectivity index (χ3v) is 3.92. The summed E-state index contributed by atoms with van der Waals surface area (Å²) < 4.78 is 12.5. The summed E-state index contributed by atoms with van der Waals surface area (Å²) >= 11 is 7.01. The molecule has 1 aromatic rings. The third-order valence-electron chi connectivity index (χ3n) is 2.68. The monoisotopic (exact) mass is 362 g/mol. The van der Waals surface area contributed by atoms with E-state index in [-0.39, 0.29) is 0 Å². The van der Waals surface area contributed by atoms with Crippen LogP contribution in [0.2, 0.25) is 0 Å². The van der Waals surface area contributed by atoms with Crippen LogP contribution in [0.15, 0.2) is 16.6 Å². The van der Waals surface area contributed by atoms with Crippen LogP contribution in [0.4, 0.5) is 0 Å². The van der Waals surface area contributed by atoms with E-state index < -0.39 is 0 Å². The molecule has 1 fully saturated rings. The summed E-state index contributed by atoms with van der Waals surface area (Å²) in [6.07, 6.45) is 2.59. The van der Waals surface area contributed by atoms with Crippen LogP contribution in [0.1, 0.15) is 25.3 Å². The van der Waals surface area contributed by atoms with E-state index in [1.54, 1.807) is 0 Å². The Labute approximate surface area is 119 Å². The Balaban J connectivity index is 2.19. The highest BCUT2D eigenvalue weighted by Gasteiger charge is 2.23. The molecule has 0 saturated heterocycles. The van der Waals surface area contributed by atoms with Gasteiger partial charge in [-0.15, -0.1) is 0 Å². The highest BCUT2D eigenvalue weighted by molar-refractivity contribution is 9.10. The lowest BCUT2D eigenvalue weighted by atomic mass is 10.2. The minimum Gasteiger partial charge on any atom is -0.490 e. The molecule has 4 heteroatoms. The van der Waals surface area contributed by atoms with Crippen LogP contribution < -0.4 is 9.47 Å². The van der Waals surface area contributed by atoms with Gasteiger partial charge in [0.2, 0.25) is 0 Å². The first-order chi connectivity index (χ1) is 8.24. The van der Waals surface area contributed by atoms with Crippen LogP contribution in [0, 0.1) is 5.92 Å². The van der Waals surface area contributed by atoms with Gasteiger partial charge in [0, 0.05) is 5.33 Å². The van der Waals surface area contributed by atoms with E-state index in [0.29, 0.717) is 6.61 Å². The summed E-state index contributed by atoms with van der Waals surface area (Å²) in [6.45, 7) is 3.43. The Morgan fingerprint density at radius 2 is 2.06 bits per heavy atom. The number of alkyl halides is 1. The number of benzene rings is 1. The molecule has 1 aromatic carbocycles. The average molecular weight is 364 g/mol. The highest BCUT2D eigenvalue weighted by atomic mass is 79.9. The molecule has 0 spiro atoms. The first kappa shape index (κ1) is 13.2. The highest BCUT2D eigenvalue weighted by Crippen LogP contribution is 2.39. The predicted octanol–water partition coefficient (Wildman–Crippen LogP) is 4.53. The zero-order valence-electron chi connectivity index (χ0n) is 9.84. The van der Waals surface area contributed by atoms with E-state index in [4.69, 9.17) is 9.47 Å². The van der Waals surface area contributed by atoms with Gasteiger partial charge in [-0.3, -0.25) is 0 Å². The molecule has 0 N–H and O–H groups in total. The van der Waals surface area contributed by atoms with Crippen molar-refractivity contribution in [2.75, 3.05) is 13.2 Å². The number of rotatable bonds is 6. The Kier molecular flexibility index (Phi) is 4.74. The van der Waals surface area contributed by atoms with Gasteiger partial charge >= 0.3 is 0 Å². The van der Waals surface area contributed by atoms with Crippen molar-refractivity contribution in [2.45, 2.75) is 25.1 Å². The first-order valence-corrected chi connectivity index (χ1v) is 7.80. The fourth-order valence-corrected chi connectivity index (χ4v) is 2.51. The van der Waals surface area contributed by atoms with Gasteiger partial charge in [0.25, 0.3) is 0 Å². The standard InChI is InChI=1S/C13H16Br2O2/c1-2-16-12-6-10(7-14)5-11(15)13(12)17-8-9-3-4-9/h5-6,9H,2-4,7-8H2,1H3. The molecule has 1 saturated carbocycles. The van der Waals surface area contributed by atoms with Crippen LogP contribution in [0.3, 0.4) is 0 Å². The van der Waals surface area contributed by atoms with Crippen molar-refractivity contribution in [1.82, 2.24) is 0 Å². The normalized spacial score (nSPS) is 14.8.